The van der Waals surface area contributed by atoms with Gasteiger partial charge in [0.05, 0.1) is 18.8 Å². The Morgan fingerprint density at radius 2 is 2.07 bits per heavy atom. The third-order valence-corrected chi connectivity index (χ3v) is 5.22. The van der Waals surface area contributed by atoms with Crippen LogP contribution in [0.5, 0.6) is 5.75 Å². The molecular formula is C23H34N4O2. The van der Waals surface area contributed by atoms with Crippen LogP contribution in [0.15, 0.2) is 27.7 Å². The van der Waals surface area contributed by atoms with Gasteiger partial charge < -0.3 is 19.9 Å². The van der Waals surface area contributed by atoms with Crippen molar-refractivity contribution in [3.05, 3.63) is 46.3 Å². The van der Waals surface area contributed by atoms with E-state index >= 15 is 0 Å². The molecule has 0 spiro atoms. The number of rotatable bonds is 10. The molecule has 6 heteroatoms. The van der Waals surface area contributed by atoms with Crippen LogP contribution in [0.2, 0.25) is 0 Å². The molecule has 1 heterocycles. The van der Waals surface area contributed by atoms with Gasteiger partial charge in [0.2, 0.25) is 0 Å². The predicted octanol–water partition coefficient (Wildman–Crippen LogP) is 4.08. The minimum atomic E-state index is 0.597. The van der Waals surface area contributed by atoms with Crippen LogP contribution in [-0.4, -0.2) is 30.8 Å². The highest BCUT2D eigenvalue weighted by atomic mass is 16.5. The first kappa shape index (κ1) is 21.2. The van der Waals surface area contributed by atoms with Crippen molar-refractivity contribution < 1.29 is 9.26 Å². The highest BCUT2D eigenvalue weighted by Crippen LogP contribution is 2.31. The molecule has 0 saturated heterocycles. The fourth-order valence-corrected chi connectivity index (χ4v) is 3.26. The zero-order valence-corrected chi connectivity index (χ0v) is 18.2. The highest BCUT2D eigenvalue weighted by Gasteiger charge is 2.22. The lowest BCUT2D eigenvalue weighted by Crippen LogP contribution is -2.37. The van der Waals surface area contributed by atoms with Gasteiger partial charge in [-0.1, -0.05) is 17.3 Å². The minimum absolute atomic E-state index is 0.597. The topological polar surface area (TPSA) is 71.7 Å². The monoisotopic (exact) mass is 398 g/mol. The molecule has 1 fully saturated rings. The average molecular weight is 399 g/mol. The van der Waals surface area contributed by atoms with E-state index in [2.05, 4.69) is 47.8 Å². The molecule has 0 atom stereocenters. The van der Waals surface area contributed by atoms with E-state index in [9.17, 15) is 0 Å². The standard InChI is InChI=1S/C23H34N4O2/c1-5-24-23(25-12-6-7-21-17(3)27-29-18(21)4)26-14-20-11-8-16(2)13-22(20)28-15-19-9-10-19/h8,11,13,19H,5-7,9-10,12,14-15H2,1-4H3,(H2,24,25,26). The van der Waals surface area contributed by atoms with Crippen LogP contribution in [-0.2, 0) is 13.0 Å². The van der Waals surface area contributed by atoms with Gasteiger partial charge in [0.1, 0.15) is 11.5 Å². The lowest BCUT2D eigenvalue weighted by molar-refractivity contribution is 0.296. The maximum absolute atomic E-state index is 6.07. The van der Waals surface area contributed by atoms with Gasteiger partial charge in [0.15, 0.2) is 5.96 Å². The summed E-state index contributed by atoms with van der Waals surface area (Å²) in [4.78, 5) is 4.77. The number of nitrogens with one attached hydrogen (secondary N) is 2. The molecule has 1 aliphatic rings. The summed E-state index contributed by atoms with van der Waals surface area (Å²) in [6, 6.07) is 6.37. The maximum atomic E-state index is 6.07. The zero-order chi connectivity index (χ0) is 20.6. The number of hydrogen-bond donors (Lipinski definition) is 2. The van der Waals surface area contributed by atoms with Crippen LogP contribution in [0.25, 0.3) is 0 Å². The average Bonchev–Trinajstić information content (AvgIpc) is 3.48. The molecule has 0 aliphatic heterocycles. The first-order valence-electron chi connectivity index (χ1n) is 10.7. The molecule has 0 amide bonds. The number of nitrogens with zero attached hydrogens (tertiary/aromatic N) is 2. The van der Waals surface area contributed by atoms with Gasteiger partial charge in [-0.3, -0.25) is 0 Å². The molecule has 0 bridgehead atoms. The summed E-state index contributed by atoms with van der Waals surface area (Å²) < 4.78 is 11.3. The van der Waals surface area contributed by atoms with E-state index in [-0.39, 0.29) is 0 Å². The van der Waals surface area contributed by atoms with E-state index in [0.717, 1.165) is 67.2 Å². The second-order valence-corrected chi connectivity index (χ2v) is 7.89. The Labute approximate surface area is 174 Å². The Morgan fingerprint density at radius 1 is 1.24 bits per heavy atom. The van der Waals surface area contributed by atoms with E-state index in [4.69, 9.17) is 14.3 Å². The van der Waals surface area contributed by atoms with Crippen molar-refractivity contribution in [3.63, 3.8) is 0 Å². The van der Waals surface area contributed by atoms with Crippen LogP contribution < -0.4 is 15.4 Å². The quantitative estimate of drug-likeness (QED) is 0.358. The fourth-order valence-electron chi connectivity index (χ4n) is 3.26. The first-order chi connectivity index (χ1) is 14.1. The molecule has 1 aliphatic carbocycles. The Bertz CT molecular complexity index is 805. The Hall–Kier alpha value is -2.50. The predicted molar refractivity (Wildman–Crippen MR) is 117 cm³/mol. The van der Waals surface area contributed by atoms with Crippen LogP contribution >= 0.6 is 0 Å². The molecule has 2 N–H and O–H groups in total. The van der Waals surface area contributed by atoms with Crippen molar-refractivity contribution in [1.29, 1.82) is 0 Å². The lowest BCUT2D eigenvalue weighted by atomic mass is 10.1. The number of hydrogen-bond acceptors (Lipinski definition) is 4. The third kappa shape index (κ3) is 6.51. The number of benzene rings is 1. The van der Waals surface area contributed by atoms with E-state index < -0.39 is 0 Å². The summed E-state index contributed by atoms with van der Waals surface area (Å²) in [5, 5.41) is 10.8. The maximum Gasteiger partial charge on any atom is 0.191 e. The molecule has 2 aromatic rings. The zero-order valence-electron chi connectivity index (χ0n) is 18.2. The van der Waals surface area contributed by atoms with Gasteiger partial charge in [-0.25, -0.2) is 4.99 Å². The molecule has 1 saturated carbocycles. The summed E-state index contributed by atoms with van der Waals surface area (Å²) in [5.41, 5.74) is 4.55. The van der Waals surface area contributed by atoms with Crippen molar-refractivity contribution in [2.75, 3.05) is 19.7 Å². The molecule has 0 unspecified atom stereocenters. The van der Waals surface area contributed by atoms with Gasteiger partial charge in [-0.05, 0) is 70.9 Å². The number of ether oxygens (including phenoxy) is 1. The van der Waals surface area contributed by atoms with Crippen molar-refractivity contribution in [1.82, 2.24) is 15.8 Å². The van der Waals surface area contributed by atoms with Gasteiger partial charge in [-0.2, -0.15) is 0 Å². The Balaban J connectivity index is 1.54. The largest absolute Gasteiger partial charge is 0.493 e. The molecule has 3 rings (SSSR count). The van der Waals surface area contributed by atoms with Crippen molar-refractivity contribution in [2.45, 2.75) is 59.9 Å². The number of aromatic nitrogens is 1. The summed E-state index contributed by atoms with van der Waals surface area (Å²) in [6.45, 7) is 11.2. The van der Waals surface area contributed by atoms with E-state index in [1.807, 2.05) is 13.8 Å². The molecule has 1 aromatic heterocycles. The smallest absolute Gasteiger partial charge is 0.191 e. The van der Waals surface area contributed by atoms with Gasteiger partial charge in [0.25, 0.3) is 0 Å². The summed E-state index contributed by atoms with van der Waals surface area (Å²) in [7, 11) is 0. The van der Waals surface area contributed by atoms with Crippen LogP contribution in [0.1, 0.15) is 54.3 Å². The molecule has 1 aromatic carbocycles. The fraction of sp³-hybridized carbons (Fsp3) is 0.565. The lowest BCUT2D eigenvalue weighted by Gasteiger charge is -2.13. The SMILES string of the molecule is CCNC(=NCc1ccc(C)cc1OCC1CC1)NCCCc1c(C)noc1C. The van der Waals surface area contributed by atoms with Crippen LogP contribution in [0.4, 0.5) is 0 Å². The minimum Gasteiger partial charge on any atom is -0.493 e. The molecular weight excluding hydrogens is 364 g/mol. The van der Waals surface area contributed by atoms with Crippen molar-refractivity contribution in [2.24, 2.45) is 10.9 Å². The molecule has 6 nitrogen and oxygen atoms in total. The Morgan fingerprint density at radius 3 is 2.76 bits per heavy atom. The van der Waals surface area contributed by atoms with E-state index in [1.54, 1.807) is 0 Å². The highest BCUT2D eigenvalue weighted by molar-refractivity contribution is 5.79. The molecule has 29 heavy (non-hydrogen) atoms. The molecule has 158 valence electrons. The number of aryl methyl sites for hydroxylation is 3. The van der Waals surface area contributed by atoms with Gasteiger partial charge in [-0.15, -0.1) is 0 Å². The second kappa shape index (κ2) is 10.3. The summed E-state index contributed by atoms with van der Waals surface area (Å²) >= 11 is 0. The molecule has 0 radical (unpaired) electrons. The first-order valence-corrected chi connectivity index (χ1v) is 10.7. The number of aliphatic imine (C=N–C) groups is 1. The van der Waals surface area contributed by atoms with Gasteiger partial charge in [0, 0.05) is 24.2 Å². The summed E-state index contributed by atoms with van der Waals surface area (Å²) in [6.07, 6.45) is 4.53. The van der Waals surface area contributed by atoms with Crippen molar-refractivity contribution >= 4 is 5.96 Å². The third-order valence-electron chi connectivity index (χ3n) is 5.22. The van der Waals surface area contributed by atoms with Crippen LogP contribution in [0.3, 0.4) is 0 Å². The van der Waals surface area contributed by atoms with Gasteiger partial charge >= 0.3 is 0 Å². The Kier molecular flexibility index (Phi) is 7.55. The normalized spacial score (nSPS) is 14.1. The second-order valence-electron chi connectivity index (χ2n) is 7.89. The van der Waals surface area contributed by atoms with Crippen molar-refractivity contribution in [3.8, 4) is 5.75 Å². The van der Waals surface area contributed by atoms with Crippen LogP contribution in [0, 0.1) is 26.7 Å². The number of guanidine groups is 1. The van der Waals surface area contributed by atoms with E-state index in [1.165, 1.54) is 24.0 Å². The van der Waals surface area contributed by atoms with E-state index in [0.29, 0.717) is 6.54 Å². The summed E-state index contributed by atoms with van der Waals surface area (Å²) in [5.74, 6) is 3.46.